The lowest BCUT2D eigenvalue weighted by atomic mass is 10.3. The number of thiazole rings is 1. The van der Waals surface area contributed by atoms with Crippen LogP contribution in [0.4, 0.5) is 5.13 Å². The Morgan fingerprint density at radius 3 is 3.00 bits per heavy atom. The second kappa shape index (κ2) is 4.99. The van der Waals surface area contributed by atoms with Crippen LogP contribution in [0.2, 0.25) is 0 Å². The lowest BCUT2D eigenvalue weighted by Crippen LogP contribution is -1.97. The first-order valence-electron chi connectivity index (χ1n) is 5.55. The molecule has 92 valence electrons. The number of halogens is 1. The summed E-state index contributed by atoms with van der Waals surface area (Å²) >= 11 is 6.95. The Bertz CT molecular complexity index is 687. The SMILES string of the molecule is Cc1ccsc1CNc1nc2cc(Br)ccc2s1. The molecule has 3 rings (SSSR count). The van der Waals surface area contributed by atoms with E-state index in [9.17, 15) is 0 Å². The number of rotatable bonds is 3. The van der Waals surface area contributed by atoms with Crippen LogP contribution in [0.5, 0.6) is 0 Å². The molecular formula is C13H11BrN2S2. The lowest BCUT2D eigenvalue weighted by molar-refractivity contribution is 1.16. The minimum atomic E-state index is 0.852. The van der Waals surface area contributed by atoms with E-state index >= 15 is 0 Å². The molecule has 0 aliphatic carbocycles. The summed E-state index contributed by atoms with van der Waals surface area (Å²) in [6, 6.07) is 8.34. The number of aromatic nitrogens is 1. The predicted octanol–water partition coefficient (Wildman–Crippen LogP) is 5.04. The third kappa shape index (κ3) is 2.43. The Balaban J connectivity index is 1.81. The number of hydrogen-bond acceptors (Lipinski definition) is 4. The van der Waals surface area contributed by atoms with Gasteiger partial charge in [-0.1, -0.05) is 27.3 Å². The van der Waals surface area contributed by atoms with Crippen molar-refractivity contribution in [2.24, 2.45) is 0 Å². The van der Waals surface area contributed by atoms with Gasteiger partial charge in [-0.3, -0.25) is 0 Å². The van der Waals surface area contributed by atoms with Crippen molar-refractivity contribution < 1.29 is 0 Å². The lowest BCUT2D eigenvalue weighted by Gasteiger charge is -2.00. The second-order valence-electron chi connectivity index (χ2n) is 4.01. The number of benzene rings is 1. The van der Waals surface area contributed by atoms with Gasteiger partial charge in [-0.25, -0.2) is 4.98 Å². The van der Waals surface area contributed by atoms with E-state index in [0.29, 0.717) is 0 Å². The fraction of sp³-hybridized carbons (Fsp3) is 0.154. The molecule has 0 saturated heterocycles. The smallest absolute Gasteiger partial charge is 0.184 e. The monoisotopic (exact) mass is 338 g/mol. The zero-order valence-corrected chi connectivity index (χ0v) is 13.0. The van der Waals surface area contributed by atoms with E-state index in [1.807, 2.05) is 12.1 Å². The van der Waals surface area contributed by atoms with E-state index in [-0.39, 0.29) is 0 Å². The van der Waals surface area contributed by atoms with Crippen LogP contribution in [-0.4, -0.2) is 4.98 Å². The van der Waals surface area contributed by atoms with Crippen molar-refractivity contribution in [3.63, 3.8) is 0 Å². The molecule has 0 radical (unpaired) electrons. The van der Waals surface area contributed by atoms with Gasteiger partial charge in [0.2, 0.25) is 0 Å². The van der Waals surface area contributed by atoms with Crippen LogP contribution >= 0.6 is 38.6 Å². The molecule has 2 heterocycles. The van der Waals surface area contributed by atoms with Gasteiger partial charge >= 0.3 is 0 Å². The van der Waals surface area contributed by atoms with E-state index in [1.165, 1.54) is 15.1 Å². The zero-order chi connectivity index (χ0) is 12.5. The Labute approximate surface area is 122 Å². The predicted molar refractivity (Wildman–Crippen MR) is 83.7 cm³/mol. The van der Waals surface area contributed by atoms with Crippen LogP contribution in [0.1, 0.15) is 10.4 Å². The average molecular weight is 339 g/mol. The molecule has 0 unspecified atom stereocenters. The highest BCUT2D eigenvalue weighted by atomic mass is 79.9. The molecule has 2 aromatic heterocycles. The van der Waals surface area contributed by atoms with E-state index in [1.54, 1.807) is 22.7 Å². The highest BCUT2D eigenvalue weighted by Gasteiger charge is 2.05. The zero-order valence-electron chi connectivity index (χ0n) is 9.74. The van der Waals surface area contributed by atoms with Crippen molar-refractivity contribution in [3.05, 3.63) is 44.6 Å². The summed E-state index contributed by atoms with van der Waals surface area (Å²) in [5.74, 6) is 0. The largest absolute Gasteiger partial charge is 0.357 e. The minimum Gasteiger partial charge on any atom is -0.357 e. The van der Waals surface area contributed by atoms with Crippen molar-refractivity contribution >= 4 is 54.0 Å². The van der Waals surface area contributed by atoms with Gasteiger partial charge in [-0.05, 0) is 42.1 Å². The maximum absolute atomic E-state index is 4.58. The summed E-state index contributed by atoms with van der Waals surface area (Å²) in [4.78, 5) is 5.96. The summed E-state index contributed by atoms with van der Waals surface area (Å²) < 4.78 is 2.28. The molecule has 1 N–H and O–H groups in total. The maximum atomic E-state index is 4.58. The molecule has 0 aliphatic rings. The molecule has 0 bridgehead atoms. The van der Waals surface area contributed by atoms with Gasteiger partial charge in [-0.2, -0.15) is 0 Å². The van der Waals surface area contributed by atoms with Crippen LogP contribution in [0.3, 0.4) is 0 Å². The summed E-state index contributed by atoms with van der Waals surface area (Å²) in [6.07, 6.45) is 0. The first kappa shape index (κ1) is 12.1. The first-order chi connectivity index (χ1) is 8.72. The number of hydrogen-bond donors (Lipinski definition) is 1. The van der Waals surface area contributed by atoms with Gasteiger partial charge in [-0.15, -0.1) is 11.3 Å². The molecular weight excluding hydrogens is 328 g/mol. The Kier molecular flexibility index (Phi) is 3.37. The van der Waals surface area contributed by atoms with Gasteiger partial charge in [0.1, 0.15) is 0 Å². The topological polar surface area (TPSA) is 24.9 Å². The highest BCUT2D eigenvalue weighted by Crippen LogP contribution is 2.29. The first-order valence-corrected chi connectivity index (χ1v) is 8.04. The van der Waals surface area contributed by atoms with Crippen molar-refractivity contribution in [1.29, 1.82) is 0 Å². The highest BCUT2D eigenvalue weighted by molar-refractivity contribution is 9.10. The van der Waals surface area contributed by atoms with E-state index in [0.717, 1.165) is 21.7 Å². The van der Waals surface area contributed by atoms with Gasteiger partial charge in [0.05, 0.1) is 16.8 Å². The third-order valence-electron chi connectivity index (χ3n) is 2.72. The van der Waals surface area contributed by atoms with Crippen LogP contribution in [0.15, 0.2) is 34.1 Å². The molecule has 2 nitrogen and oxygen atoms in total. The molecule has 0 saturated carbocycles. The summed E-state index contributed by atoms with van der Waals surface area (Å²) in [5.41, 5.74) is 2.39. The second-order valence-corrected chi connectivity index (χ2v) is 6.96. The number of thiophene rings is 1. The van der Waals surface area contributed by atoms with E-state index in [4.69, 9.17) is 0 Å². The Morgan fingerprint density at radius 2 is 2.22 bits per heavy atom. The van der Waals surface area contributed by atoms with Crippen LogP contribution in [-0.2, 0) is 6.54 Å². The molecule has 0 atom stereocenters. The van der Waals surface area contributed by atoms with E-state index in [2.05, 4.69) is 50.7 Å². The van der Waals surface area contributed by atoms with E-state index < -0.39 is 0 Å². The number of nitrogens with zero attached hydrogens (tertiary/aromatic N) is 1. The summed E-state index contributed by atoms with van der Waals surface area (Å²) in [7, 11) is 0. The van der Waals surface area contributed by atoms with Gasteiger partial charge < -0.3 is 5.32 Å². The third-order valence-corrected chi connectivity index (χ3v) is 5.23. The van der Waals surface area contributed by atoms with Crippen LogP contribution < -0.4 is 5.32 Å². The number of nitrogens with one attached hydrogen (secondary N) is 1. The minimum absolute atomic E-state index is 0.852. The molecule has 3 aromatic rings. The number of anilines is 1. The molecule has 5 heteroatoms. The Hall–Kier alpha value is -0.910. The summed E-state index contributed by atoms with van der Waals surface area (Å²) in [5, 5.41) is 6.51. The standard InChI is InChI=1S/C13H11BrN2S2/c1-8-4-5-17-12(8)7-15-13-16-10-6-9(14)2-3-11(10)18-13/h2-6H,7H2,1H3,(H,15,16). The van der Waals surface area contributed by atoms with Gasteiger partial charge in [0, 0.05) is 9.35 Å². The van der Waals surface area contributed by atoms with Crippen molar-refractivity contribution in [3.8, 4) is 0 Å². The molecule has 0 aliphatic heterocycles. The molecule has 0 amide bonds. The van der Waals surface area contributed by atoms with Crippen LogP contribution in [0, 0.1) is 6.92 Å². The molecule has 1 aromatic carbocycles. The fourth-order valence-corrected chi connectivity index (χ4v) is 3.75. The van der Waals surface area contributed by atoms with Crippen LogP contribution in [0.25, 0.3) is 10.2 Å². The van der Waals surface area contributed by atoms with Gasteiger partial charge in [0.25, 0.3) is 0 Å². The molecule has 0 fully saturated rings. The molecule has 0 spiro atoms. The normalized spacial score (nSPS) is 11.0. The Morgan fingerprint density at radius 1 is 1.33 bits per heavy atom. The average Bonchev–Trinajstić information content (AvgIpc) is 2.92. The summed E-state index contributed by atoms with van der Waals surface area (Å²) in [6.45, 7) is 2.99. The molecule has 18 heavy (non-hydrogen) atoms. The number of fused-ring (bicyclic) bond motifs is 1. The maximum Gasteiger partial charge on any atom is 0.184 e. The quantitative estimate of drug-likeness (QED) is 0.723. The van der Waals surface area contributed by atoms with Gasteiger partial charge in [0.15, 0.2) is 5.13 Å². The van der Waals surface area contributed by atoms with Crippen molar-refractivity contribution in [1.82, 2.24) is 4.98 Å². The number of aryl methyl sites for hydroxylation is 1. The van der Waals surface area contributed by atoms with Crippen molar-refractivity contribution in [2.75, 3.05) is 5.32 Å². The van der Waals surface area contributed by atoms with Crippen molar-refractivity contribution in [2.45, 2.75) is 13.5 Å². The fourth-order valence-electron chi connectivity index (χ4n) is 1.72.